The third-order valence-corrected chi connectivity index (χ3v) is 3.75. The molecule has 0 bridgehead atoms. The van der Waals surface area contributed by atoms with Crippen LogP contribution in [0.5, 0.6) is 0 Å². The highest BCUT2D eigenvalue weighted by molar-refractivity contribution is 6.03. The maximum absolute atomic E-state index is 12.2. The fourth-order valence-electron chi connectivity index (χ4n) is 2.63. The van der Waals surface area contributed by atoms with Crippen molar-refractivity contribution in [3.8, 4) is 0 Å². The number of rotatable bonds is 2. The van der Waals surface area contributed by atoms with Gasteiger partial charge < -0.3 is 10.6 Å². The summed E-state index contributed by atoms with van der Waals surface area (Å²) < 4.78 is 0. The van der Waals surface area contributed by atoms with E-state index in [4.69, 9.17) is 0 Å². The number of aryl methyl sites for hydroxylation is 2. The Morgan fingerprint density at radius 3 is 2.55 bits per heavy atom. The number of carbonyl (C=O) groups is 1. The van der Waals surface area contributed by atoms with Gasteiger partial charge in [0.2, 0.25) is 5.91 Å². The van der Waals surface area contributed by atoms with Crippen molar-refractivity contribution < 1.29 is 4.79 Å². The third-order valence-electron chi connectivity index (χ3n) is 3.75. The summed E-state index contributed by atoms with van der Waals surface area (Å²) in [5.41, 5.74) is 5.54. The number of benzene rings is 2. The molecule has 0 unspecified atom stereocenters. The Morgan fingerprint density at radius 1 is 1.05 bits per heavy atom. The van der Waals surface area contributed by atoms with Crippen molar-refractivity contribution in [3.05, 3.63) is 59.2 Å². The lowest BCUT2D eigenvalue weighted by molar-refractivity contribution is -0.117. The number of para-hydroxylation sites is 2. The monoisotopic (exact) mass is 266 g/mol. The Morgan fingerprint density at radius 2 is 1.80 bits per heavy atom. The maximum atomic E-state index is 12.2. The number of fused-ring (bicyclic) bond motifs is 1. The molecule has 1 aliphatic heterocycles. The summed E-state index contributed by atoms with van der Waals surface area (Å²) in [5, 5.41) is 6.28. The number of hydrogen-bond acceptors (Lipinski definition) is 2. The molecule has 0 saturated heterocycles. The van der Waals surface area contributed by atoms with Crippen LogP contribution in [0.4, 0.5) is 11.4 Å². The van der Waals surface area contributed by atoms with Crippen molar-refractivity contribution >= 4 is 17.3 Å². The van der Waals surface area contributed by atoms with Crippen LogP contribution in [0.15, 0.2) is 42.5 Å². The summed E-state index contributed by atoms with van der Waals surface area (Å²) in [5.74, 6) is 0.0312. The highest BCUT2D eigenvalue weighted by atomic mass is 16.2. The van der Waals surface area contributed by atoms with Gasteiger partial charge >= 0.3 is 0 Å². The molecule has 2 N–H and O–H groups in total. The van der Waals surface area contributed by atoms with Crippen LogP contribution in [0.2, 0.25) is 0 Å². The normalized spacial score (nSPS) is 17.1. The first-order chi connectivity index (χ1) is 9.63. The fraction of sp³-hybridized carbons (Fsp3) is 0.235. The average molecular weight is 266 g/mol. The molecule has 0 radical (unpaired) electrons. The lowest BCUT2D eigenvalue weighted by Gasteiger charge is -2.27. The molecule has 0 fully saturated rings. The predicted octanol–water partition coefficient (Wildman–Crippen LogP) is 3.28. The zero-order valence-electron chi connectivity index (χ0n) is 11.7. The molecule has 3 heteroatoms. The Bertz CT molecular complexity index is 664. The summed E-state index contributed by atoms with van der Waals surface area (Å²) >= 11 is 0. The van der Waals surface area contributed by atoms with Crippen molar-refractivity contribution in [1.29, 1.82) is 0 Å². The molecule has 0 aromatic heterocycles. The minimum Gasteiger partial charge on any atom is -0.372 e. The zero-order valence-corrected chi connectivity index (χ0v) is 11.7. The number of nitrogens with one attached hydrogen (secondary N) is 2. The van der Waals surface area contributed by atoms with Gasteiger partial charge in [-0.2, -0.15) is 0 Å². The van der Waals surface area contributed by atoms with Gasteiger partial charge in [-0.05, 0) is 37.1 Å². The lowest BCUT2D eigenvalue weighted by Crippen LogP contribution is -2.40. The number of amides is 1. The first kappa shape index (κ1) is 12.7. The van der Waals surface area contributed by atoms with Gasteiger partial charge in [0.15, 0.2) is 0 Å². The van der Waals surface area contributed by atoms with Crippen LogP contribution in [0.3, 0.4) is 0 Å². The summed E-state index contributed by atoms with van der Waals surface area (Å²) in [6.45, 7) is 4.18. The Kier molecular flexibility index (Phi) is 3.18. The van der Waals surface area contributed by atoms with Gasteiger partial charge in [0, 0.05) is 6.42 Å². The van der Waals surface area contributed by atoms with Crippen LogP contribution in [0.1, 0.15) is 16.7 Å². The summed E-state index contributed by atoms with van der Waals surface area (Å²) in [6, 6.07) is 13.9. The Labute approximate surface area is 119 Å². The van der Waals surface area contributed by atoms with E-state index in [2.05, 4.69) is 42.7 Å². The molecule has 1 atom stereocenters. The van der Waals surface area contributed by atoms with Gasteiger partial charge in [0.25, 0.3) is 0 Å². The lowest BCUT2D eigenvalue weighted by atomic mass is 9.97. The Balaban J connectivity index is 1.83. The standard InChI is InChI=1S/C17H18N2O/c1-11-7-8-13(12(2)9-11)10-16-17(20)19-15-6-4-3-5-14(15)18-16/h3-9,16,18H,10H2,1-2H3,(H,19,20)/t16-/m0/s1. The molecule has 1 heterocycles. The van der Waals surface area contributed by atoms with Crippen LogP contribution in [-0.4, -0.2) is 11.9 Å². The molecular weight excluding hydrogens is 248 g/mol. The second kappa shape index (κ2) is 5.00. The highest BCUT2D eigenvalue weighted by Gasteiger charge is 2.25. The summed E-state index contributed by atoms with van der Waals surface area (Å²) in [6.07, 6.45) is 0.701. The summed E-state index contributed by atoms with van der Waals surface area (Å²) in [7, 11) is 0. The molecule has 3 rings (SSSR count). The average Bonchev–Trinajstić information content (AvgIpc) is 2.42. The van der Waals surface area contributed by atoms with E-state index in [1.165, 1.54) is 16.7 Å². The van der Waals surface area contributed by atoms with Crippen LogP contribution in [0.25, 0.3) is 0 Å². The fourth-order valence-corrected chi connectivity index (χ4v) is 2.63. The van der Waals surface area contributed by atoms with E-state index in [9.17, 15) is 4.79 Å². The third kappa shape index (κ3) is 2.39. The second-order valence-electron chi connectivity index (χ2n) is 5.37. The topological polar surface area (TPSA) is 41.1 Å². The minimum absolute atomic E-state index is 0.0312. The molecule has 102 valence electrons. The van der Waals surface area contributed by atoms with Crippen molar-refractivity contribution in [1.82, 2.24) is 0 Å². The molecule has 1 amide bonds. The van der Waals surface area contributed by atoms with E-state index in [0.29, 0.717) is 6.42 Å². The van der Waals surface area contributed by atoms with Crippen molar-refractivity contribution in [2.24, 2.45) is 0 Å². The maximum Gasteiger partial charge on any atom is 0.247 e. The predicted molar refractivity (Wildman–Crippen MR) is 82.1 cm³/mol. The largest absolute Gasteiger partial charge is 0.372 e. The number of anilines is 2. The molecule has 3 nitrogen and oxygen atoms in total. The van der Waals surface area contributed by atoms with E-state index >= 15 is 0 Å². The number of hydrogen-bond donors (Lipinski definition) is 2. The van der Waals surface area contributed by atoms with Gasteiger partial charge in [0.05, 0.1) is 11.4 Å². The SMILES string of the molecule is Cc1ccc(C[C@@H]2Nc3ccccc3NC2=O)c(C)c1. The molecule has 2 aromatic carbocycles. The van der Waals surface area contributed by atoms with Gasteiger partial charge in [-0.15, -0.1) is 0 Å². The van der Waals surface area contributed by atoms with Crippen molar-refractivity contribution in [2.75, 3.05) is 10.6 Å². The summed E-state index contributed by atoms with van der Waals surface area (Å²) in [4.78, 5) is 12.2. The molecule has 20 heavy (non-hydrogen) atoms. The van der Waals surface area contributed by atoms with Crippen LogP contribution < -0.4 is 10.6 Å². The molecular formula is C17H18N2O. The van der Waals surface area contributed by atoms with Crippen LogP contribution in [-0.2, 0) is 11.2 Å². The van der Waals surface area contributed by atoms with E-state index in [1.807, 2.05) is 24.3 Å². The zero-order chi connectivity index (χ0) is 14.1. The quantitative estimate of drug-likeness (QED) is 0.876. The van der Waals surface area contributed by atoms with E-state index in [1.54, 1.807) is 0 Å². The van der Waals surface area contributed by atoms with E-state index in [0.717, 1.165) is 11.4 Å². The van der Waals surface area contributed by atoms with Crippen LogP contribution >= 0.6 is 0 Å². The first-order valence-corrected chi connectivity index (χ1v) is 6.86. The van der Waals surface area contributed by atoms with Gasteiger partial charge in [-0.1, -0.05) is 35.9 Å². The van der Waals surface area contributed by atoms with Crippen molar-refractivity contribution in [3.63, 3.8) is 0 Å². The van der Waals surface area contributed by atoms with Gasteiger partial charge in [0.1, 0.15) is 6.04 Å². The molecule has 0 saturated carbocycles. The van der Waals surface area contributed by atoms with E-state index in [-0.39, 0.29) is 11.9 Å². The van der Waals surface area contributed by atoms with Crippen molar-refractivity contribution in [2.45, 2.75) is 26.3 Å². The second-order valence-corrected chi connectivity index (χ2v) is 5.37. The Hall–Kier alpha value is -2.29. The first-order valence-electron chi connectivity index (χ1n) is 6.86. The molecule has 0 aliphatic carbocycles. The minimum atomic E-state index is -0.216. The van der Waals surface area contributed by atoms with Crippen LogP contribution in [0, 0.1) is 13.8 Å². The molecule has 1 aliphatic rings. The van der Waals surface area contributed by atoms with E-state index < -0.39 is 0 Å². The molecule has 0 spiro atoms. The van der Waals surface area contributed by atoms with Gasteiger partial charge in [-0.25, -0.2) is 0 Å². The number of carbonyl (C=O) groups excluding carboxylic acids is 1. The van der Waals surface area contributed by atoms with Gasteiger partial charge in [-0.3, -0.25) is 4.79 Å². The molecule has 2 aromatic rings. The smallest absolute Gasteiger partial charge is 0.247 e. The highest BCUT2D eigenvalue weighted by Crippen LogP contribution is 2.27.